The zero-order valence-electron chi connectivity index (χ0n) is 16.8. The van der Waals surface area contributed by atoms with Crippen LogP contribution in [0, 0.1) is 0 Å². The summed E-state index contributed by atoms with van der Waals surface area (Å²) in [5.41, 5.74) is 0.937. The average Bonchev–Trinajstić information content (AvgIpc) is 2.72. The van der Waals surface area contributed by atoms with Crippen molar-refractivity contribution in [2.24, 2.45) is 4.99 Å². The van der Waals surface area contributed by atoms with E-state index in [1.165, 1.54) is 32.1 Å². The highest BCUT2D eigenvalue weighted by atomic mass is 32.2. The van der Waals surface area contributed by atoms with Crippen molar-refractivity contribution in [3.05, 3.63) is 35.9 Å². The van der Waals surface area contributed by atoms with Gasteiger partial charge in [-0.25, -0.2) is 13.1 Å². The second-order valence-electron chi connectivity index (χ2n) is 7.04. The van der Waals surface area contributed by atoms with Gasteiger partial charge in [-0.15, -0.1) is 0 Å². The molecule has 1 fully saturated rings. The smallest absolute Gasteiger partial charge is 0.213 e. The molecule has 0 aromatic heterocycles. The summed E-state index contributed by atoms with van der Waals surface area (Å²) in [4.78, 5) is 4.13. The SMILES string of the molecule is CN=C(NCCCOC1CCCCC1)NCCS(=O)(=O)NCc1ccccc1. The first-order valence-electron chi connectivity index (χ1n) is 10.2. The number of guanidine groups is 1. The summed E-state index contributed by atoms with van der Waals surface area (Å²) in [6.07, 6.45) is 7.59. The summed E-state index contributed by atoms with van der Waals surface area (Å²) in [6, 6.07) is 9.47. The van der Waals surface area contributed by atoms with Gasteiger partial charge in [-0.1, -0.05) is 49.6 Å². The highest BCUT2D eigenvalue weighted by Crippen LogP contribution is 2.20. The van der Waals surface area contributed by atoms with Crippen molar-refractivity contribution in [1.29, 1.82) is 0 Å². The van der Waals surface area contributed by atoms with E-state index in [9.17, 15) is 8.42 Å². The Morgan fingerprint density at radius 3 is 2.54 bits per heavy atom. The van der Waals surface area contributed by atoms with E-state index in [4.69, 9.17) is 4.74 Å². The van der Waals surface area contributed by atoms with Crippen molar-refractivity contribution < 1.29 is 13.2 Å². The molecule has 0 unspecified atom stereocenters. The lowest BCUT2D eigenvalue weighted by atomic mass is 9.98. The molecule has 7 nitrogen and oxygen atoms in total. The minimum atomic E-state index is -3.34. The zero-order valence-corrected chi connectivity index (χ0v) is 17.6. The van der Waals surface area contributed by atoms with Crippen molar-refractivity contribution in [3.8, 4) is 0 Å². The molecule has 2 rings (SSSR count). The Kier molecular flexibility index (Phi) is 10.3. The van der Waals surface area contributed by atoms with Crippen LogP contribution < -0.4 is 15.4 Å². The van der Waals surface area contributed by atoms with E-state index in [0.717, 1.165) is 25.1 Å². The summed E-state index contributed by atoms with van der Waals surface area (Å²) < 4.78 is 32.7. The number of nitrogens with one attached hydrogen (secondary N) is 3. The molecule has 0 aliphatic heterocycles. The van der Waals surface area contributed by atoms with E-state index in [1.54, 1.807) is 7.05 Å². The molecule has 8 heteroatoms. The van der Waals surface area contributed by atoms with Crippen LogP contribution in [0.2, 0.25) is 0 Å². The molecule has 28 heavy (non-hydrogen) atoms. The maximum absolute atomic E-state index is 12.1. The monoisotopic (exact) mass is 410 g/mol. The van der Waals surface area contributed by atoms with Gasteiger partial charge in [0, 0.05) is 33.3 Å². The van der Waals surface area contributed by atoms with E-state index in [-0.39, 0.29) is 5.75 Å². The maximum atomic E-state index is 12.1. The number of aliphatic imine (C=N–C) groups is 1. The predicted octanol–water partition coefficient (Wildman–Crippen LogP) is 2.01. The molecule has 0 amide bonds. The van der Waals surface area contributed by atoms with Crippen LogP contribution in [-0.2, 0) is 21.3 Å². The van der Waals surface area contributed by atoms with Gasteiger partial charge in [-0.3, -0.25) is 4.99 Å². The Balaban J connectivity index is 1.55. The Bertz CT molecular complexity index is 674. The van der Waals surface area contributed by atoms with Gasteiger partial charge in [-0.05, 0) is 24.8 Å². The molecule has 1 aromatic carbocycles. The molecular formula is C20H34N4O3S. The van der Waals surface area contributed by atoms with E-state index < -0.39 is 10.0 Å². The maximum Gasteiger partial charge on any atom is 0.213 e. The number of hydrogen-bond donors (Lipinski definition) is 3. The van der Waals surface area contributed by atoms with Gasteiger partial charge in [-0.2, -0.15) is 0 Å². The standard InChI is InChI=1S/C20H34N4O3S/c1-21-20(22-13-8-15-27-19-11-6-3-7-12-19)23-14-16-28(25,26)24-17-18-9-4-2-5-10-18/h2,4-5,9-10,19,24H,3,6-8,11-17H2,1H3,(H2,21,22,23). The highest BCUT2D eigenvalue weighted by molar-refractivity contribution is 7.89. The normalized spacial score (nSPS) is 16.1. The van der Waals surface area contributed by atoms with E-state index in [0.29, 0.717) is 25.2 Å². The van der Waals surface area contributed by atoms with Crippen molar-refractivity contribution >= 4 is 16.0 Å². The minimum absolute atomic E-state index is 0.00861. The quantitative estimate of drug-likeness (QED) is 0.295. The van der Waals surface area contributed by atoms with Crippen molar-refractivity contribution in [2.45, 2.75) is 51.2 Å². The molecule has 0 saturated heterocycles. The first-order chi connectivity index (χ1) is 13.6. The fraction of sp³-hybridized carbons (Fsp3) is 0.650. The molecule has 3 N–H and O–H groups in total. The van der Waals surface area contributed by atoms with Crippen LogP contribution >= 0.6 is 0 Å². The minimum Gasteiger partial charge on any atom is -0.378 e. The Morgan fingerprint density at radius 1 is 1.11 bits per heavy atom. The summed E-state index contributed by atoms with van der Waals surface area (Å²) in [5, 5.41) is 6.24. The molecule has 0 spiro atoms. The number of ether oxygens (including phenoxy) is 1. The van der Waals surface area contributed by atoms with Crippen LogP contribution in [-0.4, -0.2) is 53.0 Å². The van der Waals surface area contributed by atoms with Gasteiger partial charge >= 0.3 is 0 Å². The largest absolute Gasteiger partial charge is 0.378 e. The number of hydrogen-bond acceptors (Lipinski definition) is 4. The fourth-order valence-electron chi connectivity index (χ4n) is 3.15. The van der Waals surface area contributed by atoms with Gasteiger partial charge in [0.15, 0.2) is 5.96 Å². The van der Waals surface area contributed by atoms with E-state index in [1.807, 2.05) is 30.3 Å². The molecule has 0 radical (unpaired) electrons. The number of sulfonamides is 1. The van der Waals surface area contributed by atoms with Crippen molar-refractivity contribution in [1.82, 2.24) is 15.4 Å². The van der Waals surface area contributed by atoms with E-state index >= 15 is 0 Å². The van der Waals surface area contributed by atoms with Crippen LogP contribution in [0.25, 0.3) is 0 Å². The molecule has 1 saturated carbocycles. The molecule has 158 valence electrons. The lowest BCUT2D eigenvalue weighted by molar-refractivity contribution is 0.0277. The highest BCUT2D eigenvalue weighted by Gasteiger charge is 2.13. The summed E-state index contributed by atoms with van der Waals surface area (Å²) in [5.74, 6) is 0.599. The Morgan fingerprint density at radius 2 is 1.82 bits per heavy atom. The third-order valence-electron chi connectivity index (χ3n) is 4.75. The van der Waals surface area contributed by atoms with Gasteiger partial charge in [0.25, 0.3) is 0 Å². The van der Waals surface area contributed by atoms with Crippen LogP contribution in [0.1, 0.15) is 44.1 Å². The zero-order chi connectivity index (χ0) is 20.1. The van der Waals surface area contributed by atoms with Crippen LogP contribution in [0.15, 0.2) is 35.3 Å². The Labute approximate surface area is 169 Å². The van der Waals surface area contributed by atoms with Gasteiger partial charge < -0.3 is 15.4 Å². The summed E-state index contributed by atoms with van der Waals surface area (Å²) >= 11 is 0. The molecule has 0 heterocycles. The van der Waals surface area contributed by atoms with Gasteiger partial charge in [0.1, 0.15) is 0 Å². The van der Waals surface area contributed by atoms with Crippen LogP contribution in [0.5, 0.6) is 0 Å². The summed E-state index contributed by atoms with van der Waals surface area (Å²) in [6.45, 7) is 2.08. The second-order valence-corrected chi connectivity index (χ2v) is 8.96. The molecular weight excluding hydrogens is 376 g/mol. The summed E-state index contributed by atoms with van der Waals surface area (Å²) in [7, 11) is -1.66. The van der Waals surface area contributed by atoms with Crippen molar-refractivity contribution in [3.63, 3.8) is 0 Å². The molecule has 1 aliphatic rings. The topological polar surface area (TPSA) is 91.8 Å². The molecule has 1 aromatic rings. The first kappa shape index (κ1) is 22.6. The van der Waals surface area contributed by atoms with Crippen molar-refractivity contribution in [2.75, 3.05) is 32.5 Å². The van der Waals surface area contributed by atoms with Crippen LogP contribution in [0.4, 0.5) is 0 Å². The molecule has 1 aliphatic carbocycles. The molecule has 0 bridgehead atoms. The lowest BCUT2D eigenvalue weighted by Gasteiger charge is -2.22. The van der Waals surface area contributed by atoms with Crippen LogP contribution in [0.3, 0.4) is 0 Å². The lowest BCUT2D eigenvalue weighted by Crippen LogP contribution is -2.41. The average molecular weight is 411 g/mol. The fourth-order valence-corrected chi connectivity index (χ4v) is 4.05. The Hall–Kier alpha value is -1.64. The third-order valence-corrected chi connectivity index (χ3v) is 6.07. The van der Waals surface area contributed by atoms with Gasteiger partial charge in [0.05, 0.1) is 11.9 Å². The van der Waals surface area contributed by atoms with Gasteiger partial charge in [0.2, 0.25) is 10.0 Å². The molecule has 0 atom stereocenters. The third kappa shape index (κ3) is 9.52. The number of rotatable bonds is 11. The number of benzene rings is 1. The number of nitrogens with zero attached hydrogens (tertiary/aromatic N) is 1. The first-order valence-corrected chi connectivity index (χ1v) is 11.8. The van der Waals surface area contributed by atoms with E-state index in [2.05, 4.69) is 20.3 Å². The second kappa shape index (κ2) is 12.7. The predicted molar refractivity (Wildman–Crippen MR) is 114 cm³/mol.